The summed E-state index contributed by atoms with van der Waals surface area (Å²) >= 11 is 15.0. The predicted molar refractivity (Wildman–Crippen MR) is 136 cm³/mol. The maximum absolute atomic E-state index is 14.2. The van der Waals surface area contributed by atoms with Gasteiger partial charge in [0.25, 0.3) is 0 Å². The monoisotopic (exact) mass is 526 g/mol. The number of carbonyl (C=O) groups excluding carboxylic acids is 3. The van der Waals surface area contributed by atoms with Crippen LogP contribution in [0.3, 0.4) is 0 Å². The van der Waals surface area contributed by atoms with Gasteiger partial charge < -0.3 is 10.1 Å². The minimum Gasteiger partial charge on any atom is -0.376 e. The van der Waals surface area contributed by atoms with Crippen LogP contribution in [0.25, 0.3) is 0 Å². The van der Waals surface area contributed by atoms with E-state index in [1.165, 1.54) is 0 Å². The van der Waals surface area contributed by atoms with Crippen LogP contribution < -0.4 is 5.32 Å². The van der Waals surface area contributed by atoms with Crippen LogP contribution in [0, 0.1) is 17.8 Å². The molecule has 0 saturated carbocycles. The third-order valence-electron chi connectivity index (χ3n) is 8.33. The molecule has 2 saturated heterocycles. The molecule has 3 aliphatic carbocycles. The van der Waals surface area contributed by atoms with Crippen LogP contribution in [-0.4, -0.2) is 47.9 Å². The van der Waals surface area contributed by atoms with Crippen molar-refractivity contribution in [3.63, 3.8) is 0 Å². The number of alkyl halides is 2. The summed E-state index contributed by atoms with van der Waals surface area (Å²) in [5, 5.41) is 2.92. The highest BCUT2D eigenvalue weighted by Gasteiger charge is 2.73. The van der Waals surface area contributed by atoms with Crippen molar-refractivity contribution in [1.82, 2.24) is 10.2 Å². The van der Waals surface area contributed by atoms with Gasteiger partial charge in [0.15, 0.2) is 0 Å². The lowest BCUT2D eigenvalue weighted by atomic mass is 9.54. The van der Waals surface area contributed by atoms with Gasteiger partial charge in [0.05, 0.1) is 17.9 Å². The Morgan fingerprint density at radius 3 is 1.83 bits per heavy atom. The van der Waals surface area contributed by atoms with E-state index in [2.05, 4.69) is 5.32 Å². The van der Waals surface area contributed by atoms with Crippen LogP contribution in [0.2, 0.25) is 0 Å². The molecule has 7 rings (SSSR count). The number of halogens is 2. The van der Waals surface area contributed by atoms with E-state index in [0.29, 0.717) is 13.2 Å². The lowest BCUT2D eigenvalue weighted by molar-refractivity contribution is -0.149. The van der Waals surface area contributed by atoms with Gasteiger partial charge in [-0.05, 0) is 41.0 Å². The zero-order chi connectivity index (χ0) is 25.4. The molecule has 2 aromatic rings. The van der Waals surface area contributed by atoms with E-state index in [1.54, 1.807) is 0 Å². The number of likely N-dealkylation sites (tertiary alicyclic amines) is 1. The van der Waals surface area contributed by atoms with Gasteiger partial charge in [-0.25, -0.2) is 0 Å². The number of hydrogen-bond acceptors (Lipinski definition) is 4. The van der Waals surface area contributed by atoms with Gasteiger partial charge >= 0.3 is 0 Å². The van der Waals surface area contributed by atoms with E-state index < -0.39 is 39.4 Å². The minimum absolute atomic E-state index is 0.0496. The van der Waals surface area contributed by atoms with E-state index >= 15 is 0 Å². The molecule has 2 heterocycles. The number of rotatable bonds is 5. The Balaban J connectivity index is 1.44. The van der Waals surface area contributed by atoms with Crippen LogP contribution >= 0.6 is 23.2 Å². The topological polar surface area (TPSA) is 75.7 Å². The number of nitrogens with zero attached hydrogens (tertiary/aromatic N) is 1. The van der Waals surface area contributed by atoms with Crippen LogP contribution in [0.5, 0.6) is 0 Å². The highest BCUT2D eigenvalue weighted by molar-refractivity contribution is 6.36. The molecular weight excluding hydrogens is 499 g/mol. The van der Waals surface area contributed by atoms with Crippen molar-refractivity contribution in [2.75, 3.05) is 13.2 Å². The fourth-order valence-corrected chi connectivity index (χ4v) is 7.90. The Labute approximate surface area is 220 Å². The molecule has 0 radical (unpaired) electrons. The summed E-state index contributed by atoms with van der Waals surface area (Å²) in [6, 6.07) is 14.1. The van der Waals surface area contributed by atoms with E-state index in [9.17, 15) is 14.4 Å². The molecule has 2 bridgehead atoms. The molecule has 8 heteroatoms. The summed E-state index contributed by atoms with van der Waals surface area (Å²) in [5.74, 6) is -3.39. The number of hydrogen-bond donors (Lipinski definition) is 1. The molecule has 2 aromatic carbocycles. The first-order valence-electron chi connectivity index (χ1n) is 12.6. The van der Waals surface area contributed by atoms with Gasteiger partial charge in [-0.15, -0.1) is 23.2 Å². The summed E-state index contributed by atoms with van der Waals surface area (Å²) in [4.78, 5) is 40.4. The maximum atomic E-state index is 14.2. The Morgan fingerprint density at radius 1 is 0.972 bits per heavy atom. The zero-order valence-corrected chi connectivity index (χ0v) is 21.7. The molecule has 2 fully saturated rings. The van der Waals surface area contributed by atoms with Crippen LogP contribution in [-0.2, 0) is 28.9 Å². The SMILES string of the molecule is CC(C)[C@@H](C(=O)NC[C@@H]1CCCO1)N1C(=O)[C@@H]2[C@H](C1=O)C1(Cl)c3ccccc3C2(Cl)c2ccccc21. The van der Waals surface area contributed by atoms with Gasteiger partial charge in [-0.2, -0.15) is 0 Å². The Kier molecular flexibility index (Phi) is 5.52. The van der Waals surface area contributed by atoms with E-state index in [0.717, 1.165) is 40.0 Å². The molecule has 6 nitrogen and oxygen atoms in total. The molecule has 0 unspecified atom stereocenters. The van der Waals surface area contributed by atoms with Crippen molar-refractivity contribution in [3.05, 3.63) is 70.8 Å². The van der Waals surface area contributed by atoms with Gasteiger partial charge in [0, 0.05) is 13.2 Å². The van der Waals surface area contributed by atoms with Crippen molar-refractivity contribution in [2.24, 2.45) is 17.8 Å². The number of benzene rings is 2. The fourth-order valence-electron chi connectivity index (χ4n) is 6.81. The van der Waals surface area contributed by atoms with Crippen LogP contribution in [0.15, 0.2) is 48.5 Å². The quantitative estimate of drug-likeness (QED) is 0.473. The highest BCUT2D eigenvalue weighted by Crippen LogP contribution is 2.69. The summed E-state index contributed by atoms with van der Waals surface area (Å²) in [6.07, 6.45) is 1.78. The summed E-state index contributed by atoms with van der Waals surface area (Å²) in [5.41, 5.74) is 2.98. The second-order valence-electron chi connectivity index (χ2n) is 10.6. The number of imide groups is 1. The van der Waals surface area contributed by atoms with Gasteiger partial charge in [-0.3, -0.25) is 19.3 Å². The Morgan fingerprint density at radius 2 is 1.44 bits per heavy atom. The first-order chi connectivity index (χ1) is 17.2. The molecule has 3 amide bonds. The lowest BCUT2D eigenvalue weighted by Crippen LogP contribution is -2.57. The average molecular weight is 527 g/mol. The van der Waals surface area contributed by atoms with Crippen LogP contribution in [0.4, 0.5) is 0 Å². The second kappa shape index (κ2) is 8.30. The molecule has 4 atom stereocenters. The third kappa shape index (κ3) is 2.98. The molecule has 188 valence electrons. The highest BCUT2D eigenvalue weighted by atomic mass is 35.5. The Hall–Kier alpha value is -2.41. The summed E-state index contributed by atoms with van der Waals surface area (Å²) in [6.45, 7) is 4.70. The number of ether oxygens (including phenoxy) is 1. The largest absolute Gasteiger partial charge is 0.376 e. The summed E-state index contributed by atoms with van der Waals surface area (Å²) < 4.78 is 5.63. The van der Waals surface area contributed by atoms with Crippen molar-refractivity contribution in [3.8, 4) is 0 Å². The first kappa shape index (κ1) is 24.0. The summed E-state index contributed by atoms with van der Waals surface area (Å²) in [7, 11) is 0. The van der Waals surface area contributed by atoms with Gasteiger partial charge in [0.2, 0.25) is 17.7 Å². The second-order valence-corrected chi connectivity index (χ2v) is 11.8. The van der Waals surface area contributed by atoms with Gasteiger partial charge in [0.1, 0.15) is 15.8 Å². The number of carbonyl (C=O) groups is 3. The molecule has 0 aromatic heterocycles. The molecule has 2 aliphatic heterocycles. The minimum atomic E-state index is -1.26. The fraction of sp³-hybridized carbons (Fsp3) is 0.464. The van der Waals surface area contributed by atoms with Crippen molar-refractivity contribution in [1.29, 1.82) is 0 Å². The van der Waals surface area contributed by atoms with Gasteiger partial charge in [-0.1, -0.05) is 62.4 Å². The standard InChI is InChI=1S/C28H28Cl2N2O4/c1-15(2)23(24(33)31-14-16-8-7-13-36-16)32-25(34)21-22(26(32)35)28(30)18-10-4-3-9-17(18)27(21,29)19-11-5-6-12-20(19)28/h3-6,9-12,15-16,21-23H,7-8,13-14H2,1-2H3,(H,31,33)/t16-,21-,22+,23-,27?,28?/m0/s1. The lowest BCUT2D eigenvalue weighted by Gasteiger charge is -2.54. The first-order valence-corrected chi connectivity index (χ1v) is 13.3. The van der Waals surface area contributed by atoms with E-state index in [-0.39, 0.29) is 17.9 Å². The van der Waals surface area contributed by atoms with E-state index in [4.69, 9.17) is 27.9 Å². The zero-order valence-electron chi connectivity index (χ0n) is 20.2. The normalized spacial score (nSPS) is 32.9. The predicted octanol–water partition coefficient (Wildman–Crippen LogP) is 3.90. The molecule has 5 aliphatic rings. The molecule has 36 heavy (non-hydrogen) atoms. The average Bonchev–Trinajstić information content (AvgIpc) is 3.48. The smallest absolute Gasteiger partial charge is 0.243 e. The number of nitrogens with one attached hydrogen (secondary N) is 1. The number of amides is 3. The maximum Gasteiger partial charge on any atom is 0.243 e. The molecule has 1 N–H and O–H groups in total. The molecular formula is C28H28Cl2N2O4. The van der Waals surface area contributed by atoms with E-state index in [1.807, 2.05) is 62.4 Å². The molecule has 0 spiro atoms. The van der Waals surface area contributed by atoms with Crippen LogP contribution in [0.1, 0.15) is 48.9 Å². The van der Waals surface area contributed by atoms with Crippen molar-refractivity contribution < 1.29 is 19.1 Å². The Bertz CT molecular complexity index is 1150. The van der Waals surface area contributed by atoms with Crippen molar-refractivity contribution >= 4 is 40.9 Å². The van der Waals surface area contributed by atoms with Crippen molar-refractivity contribution in [2.45, 2.75) is 48.6 Å². The third-order valence-corrected chi connectivity index (χ3v) is 9.61.